The first kappa shape index (κ1) is 37.4. The summed E-state index contributed by atoms with van der Waals surface area (Å²) in [6.07, 6.45) is -0.816. The van der Waals surface area contributed by atoms with Crippen molar-refractivity contribution in [1.29, 1.82) is 5.41 Å². The van der Waals surface area contributed by atoms with Crippen molar-refractivity contribution in [2.75, 3.05) is 19.0 Å². The molecule has 0 aliphatic carbocycles. The maximum absolute atomic E-state index is 13.6. The Bertz CT molecular complexity index is 1520. The van der Waals surface area contributed by atoms with Crippen LogP contribution in [0, 0.1) is 5.41 Å². The van der Waals surface area contributed by atoms with E-state index in [0.717, 1.165) is 12.5 Å². The minimum atomic E-state index is -1.46. The summed E-state index contributed by atoms with van der Waals surface area (Å²) < 4.78 is 16.6. The van der Waals surface area contributed by atoms with Gasteiger partial charge in [0, 0.05) is 18.2 Å². The van der Waals surface area contributed by atoms with Crippen LogP contribution < -0.4 is 31.2 Å². The maximum atomic E-state index is 13.6. The summed E-state index contributed by atoms with van der Waals surface area (Å²) >= 11 is 0. The molecule has 3 aromatic rings. The number of methoxy groups -OCH3 is 1. The number of hydrogen-bond donors (Lipinski definition) is 7. The van der Waals surface area contributed by atoms with Gasteiger partial charge in [-0.15, -0.1) is 0 Å². The Labute approximate surface area is 272 Å². The fraction of sp³-hybridized carbons (Fsp3) is 0.303. The van der Waals surface area contributed by atoms with Crippen LogP contribution in [0.4, 0.5) is 10.5 Å². The minimum Gasteiger partial charge on any atom is -0.493 e. The highest BCUT2D eigenvalue weighted by Gasteiger charge is 2.28. The van der Waals surface area contributed by atoms with E-state index in [0.29, 0.717) is 34.9 Å². The van der Waals surface area contributed by atoms with Gasteiger partial charge in [-0.05, 0) is 68.3 Å². The SMILES string of the molecule is CC(=O)O.COc1cc([C@@H](Nc2ccc(C(=N)N)cc2)C(=O)N[C@@H](CNC(=O)OC(C)(C)C)C(=O)O)ccc1OCc1ccccc1. The van der Waals surface area contributed by atoms with Crippen LogP contribution in [0.3, 0.4) is 0 Å². The lowest BCUT2D eigenvalue weighted by atomic mass is 10.0. The average Bonchev–Trinajstić information content (AvgIpc) is 3.00. The smallest absolute Gasteiger partial charge is 0.407 e. The minimum absolute atomic E-state index is 0.113. The van der Waals surface area contributed by atoms with Gasteiger partial charge in [0.15, 0.2) is 11.5 Å². The summed E-state index contributed by atoms with van der Waals surface area (Å²) in [5.74, 6) is -2.17. The molecule has 14 nitrogen and oxygen atoms in total. The molecule has 0 unspecified atom stereocenters. The van der Waals surface area contributed by atoms with Crippen molar-refractivity contribution in [2.24, 2.45) is 5.73 Å². The number of alkyl carbamates (subject to hydrolysis) is 1. The second-order valence-corrected chi connectivity index (χ2v) is 11.1. The van der Waals surface area contributed by atoms with Crippen molar-refractivity contribution in [3.63, 3.8) is 0 Å². The lowest BCUT2D eigenvalue weighted by Gasteiger charge is -2.24. The van der Waals surface area contributed by atoms with Crippen molar-refractivity contribution in [1.82, 2.24) is 10.6 Å². The number of aliphatic carboxylic acids is 2. The fourth-order valence-corrected chi connectivity index (χ4v) is 3.89. The fourth-order valence-electron chi connectivity index (χ4n) is 3.89. The normalized spacial score (nSPS) is 11.8. The monoisotopic (exact) mass is 651 g/mol. The van der Waals surface area contributed by atoms with Gasteiger partial charge in [-0.2, -0.15) is 0 Å². The molecule has 0 saturated carbocycles. The Morgan fingerprint density at radius 3 is 2.09 bits per heavy atom. The Kier molecular flexibility index (Phi) is 14.0. The summed E-state index contributed by atoms with van der Waals surface area (Å²) in [4.78, 5) is 46.7. The second kappa shape index (κ2) is 17.6. The molecule has 0 heterocycles. The lowest BCUT2D eigenvalue weighted by molar-refractivity contribution is -0.141. The highest BCUT2D eigenvalue weighted by atomic mass is 16.6. The van der Waals surface area contributed by atoms with Crippen LogP contribution in [0.25, 0.3) is 0 Å². The molecule has 0 saturated heterocycles. The molecular weight excluding hydrogens is 610 g/mol. The summed E-state index contributed by atoms with van der Waals surface area (Å²) in [7, 11) is 1.47. The number of anilines is 1. The van der Waals surface area contributed by atoms with Gasteiger partial charge in [-0.25, -0.2) is 9.59 Å². The van der Waals surface area contributed by atoms with E-state index in [-0.39, 0.29) is 5.84 Å². The van der Waals surface area contributed by atoms with E-state index in [9.17, 15) is 19.5 Å². The van der Waals surface area contributed by atoms with Gasteiger partial charge in [0.1, 0.15) is 30.1 Å². The average molecular weight is 652 g/mol. The number of nitrogens with two attached hydrogens (primary N) is 1. The maximum Gasteiger partial charge on any atom is 0.407 e. The van der Waals surface area contributed by atoms with Crippen LogP contribution in [-0.4, -0.2) is 65.3 Å². The molecule has 0 spiro atoms. The number of amides is 2. The molecule has 0 fully saturated rings. The highest BCUT2D eigenvalue weighted by molar-refractivity contribution is 5.95. The third kappa shape index (κ3) is 13.4. The molecule has 14 heteroatoms. The molecule has 2 atom stereocenters. The Balaban J connectivity index is 0.00000181. The van der Waals surface area contributed by atoms with Crippen LogP contribution in [0.1, 0.15) is 50.4 Å². The summed E-state index contributed by atoms with van der Waals surface area (Å²) in [6, 6.07) is 18.5. The van der Waals surface area contributed by atoms with Crippen molar-refractivity contribution < 1.29 is 43.6 Å². The zero-order valence-corrected chi connectivity index (χ0v) is 26.8. The van der Waals surface area contributed by atoms with E-state index < -0.39 is 48.2 Å². The predicted octanol–water partition coefficient (Wildman–Crippen LogP) is 3.90. The summed E-state index contributed by atoms with van der Waals surface area (Å²) in [5, 5.41) is 32.8. The number of benzene rings is 3. The van der Waals surface area contributed by atoms with E-state index in [1.54, 1.807) is 63.2 Å². The zero-order valence-electron chi connectivity index (χ0n) is 26.8. The van der Waals surface area contributed by atoms with Gasteiger partial charge in [-0.3, -0.25) is 15.0 Å². The zero-order chi connectivity index (χ0) is 35.1. The van der Waals surface area contributed by atoms with Crippen LogP contribution in [-0.2, 0) is 25.7 Å². The number of carbonyl (C=O) groups excluding carboxylic acids is 2. The largest absolute Gasteiger partial charge is 0.493 e. The molecule has 3 aromatic carbocycles. The number of carbonyl (C=O) groups is 4. The molecule has 0 aliphatic heterocycles. The number of nitrogens with one attached hydrogen (secondary N) is 4. The molecule has 0 bridgehead atoms. The number of ether oxygens (including phenoxy) is 3. The molecule has 47 heavy (non-hydrogen) atoms. The van der Waals surface area contributed by atoms with Gasteiger partial charge < -0.3 is 46.1 Å². The topological polar surface area (TPSA) is 222 Å². The van der Waals surface area contributed by atoms with Gasteiger partial charge in [0.05, 0.1) is 13.7 Å². The van der Waals surface area contributed by atoms with Crippen molar-refractivity contribution in [3.8, 4) is 11.5 Å². The number of carboxylic acid groups (broad SMARTS) is 2. The predicted molar refractivity (Wildman–Crippen MR) is 175 cm³/mol. The molecule has 252 valence electrons. The molecule has 0 radical (unpaired) electrons. The third-order valence-electron chi connectivity index (χ3n) is 5.99. The van der Waals surface area contributed by atoms with E-state index in [1.807, 2.05) is 30.3 Å². The Morgan fingerprint density at radius 2 is 1.55 bits per heavy atom. The van der Waals surface area contributed by atoms with Crippen molar-refractivity contribution in [3.05, 3.63) is 89.5 Å². The first-order valence-corrected chi connectivity index (χ1v) is 14.3. The van der Waals surface area contributed by atoms with Crippen molar-refractivity contribution >= 4 is 35.5 Å². The molecule has 2 amide bonds. The number of amidine groups is 1. The lowest BCUT2D eigenvalue weighted by Crippen LogP contribution is -2.51. The van der Waals surface area contributed by atoms with E-state index in [2.05, 4.69) is 16.0 Å². The third-order valence-corrected chi connectivity index (χ3v) is 5.99. The van der Waals surface area contributed by atoms with E-state index in [4.69, 9.17) is 35.3 Å². The van der Waals surface area contributed by atoms with Gasteiger partial charge in [0.25, 0.3) is 5.97 Å². The second-order valence-electron chi connectivity index (χ2n) is 11.1. The molecule has 3 rings (SSSR count). The summed E-state index contributed by atoms with van der Waals surface area (Å²) in [5.41, 5.74) is 7.18. The van der Waals surface area contributed by atoms with Crippen LogP contribution in [0.15, 0.2) is 72.8 Å². The van der Waals surface area contributed by atoms with Crippen molar-refractivity contribution in [2.45, 2.75) is 52.0 Å². The summed E-state index contributed by atoms with van der Waals surface area (Å²) in [6.45, 7) is 6.00. The molecule has 0 aromatic heterocycles. The standard InChI is InChI=1S/C31H37N5O7.C2H4O2/c1-31(2,3)43-30(40)34-17-23(29(38)39)36-28(37)26(35-22-13-10-20(11-14-22)27(32)33)21-12-15-24(25(16-21)41-4)42-18-19-8-6-5-7-9-19;1-2(3)4/h5-16,23,26,35H,17-18H2,1-4H3,(H3,32,33)(H,34,40)(H,36,37)(H,38,39);1H3,(H,3,4)/t23-,26+;/m0./s1. The van der Waals surface area contributed by atoms with Gasteiger partial charge in [-0.1, -0.05) is 36.4 Å². The van der Waals surface area contributed by atoms with Gasteiger partial charge in [0.2, 0.25) is 5.91 Å². The quantitative estimate of drug-likeness (QED) is 0.104. The first-order chi connectivity index (χ1) is 22.1. The number of carboxylic acids is 2. The van der Waals surface area contributed by atoms with E-state index in [1.165, 1.54) is 7.11 Å². The van der Waals surface area contributed by atoms with Crippen LogP contribution >= 0.6 is 0 Å². The Hall–Kier alpha value is -5.79. The highest BCUT2D eigenvalue weighted by Crippen LogP contribution is 2.32. The molecule has 8 N–H and O–H groups in total. The first-order valence-electron chi connectivity index (χ1n) is 14.3. The molecule has 0 aliphatic rings. The van der Waals surface area contributed by atoms with Crippen LogP contribution in [0.2, 0.25) is 0 Å². The van der Waals surface area contributed by atoms with E-state index >= 15 is 0 Å². The Morgan fingerprint density at radius 1 is 0.936 bits per heavy atom. The molecular formula is C33H41N5O9. The number of nitrogen functional groups attached to an aromatic ring is 1. The van der Waals surface area contributed by atoms with Crippen LogP contribution in [0.5, 0.6) is 11.5 Å². The number of hydrogen-bond acceptors (Lipinski definition) is 9. The van der Waals surface area contributed by atoms with Gasteiger partial charge >= 0.3 is 12.1 Å². The number of rotatable bonds is 13.